The van der Waals surface area contributed by atoms with Gasteiger partial charge in [0.1, 0.15) is 11.2 Å². The number of anilines is 2. The van der Waals surface area contributed by atoms with Gasteiger partial charge in [-0.25, -0.2) is 18.7 Å². The Balaban J connectivity index is 1.45. The molecule has 2 aromatic carbocycles. The average Bonchev–Trinajstić information content (AvgIpc) is 2.80. The molecule has 0 spiro atoms. The molecule has 3 heterocycles. The third-order valence-corrected chi connectivity index (χ3v) is 5.99. The highest BCUT2D eigenvalue weighted by Gasteiger charge is 2.22. The molecule has 0 aliphatic carbocycles. The van der Waals surface area contributed by atoms with E-state index >= 15 is 0 Å². The minimum atomic E-state index is -0.548. The number of hydrogen-bond acceptors (Lipinski definition) is 6. The van der Waals surface area contributed by atoms with E-state index in [1.165, 1.54) is 12.3 Å². The van der Waals surface area contributed by atoms with Gasteiger partial charge in [-0.2, -0.15) is 4.98 Å². The molecule has 0 atom stereocenters. The molecule has 168 valence electrons. The maximum atomic E-state index is 14.1. The van der Waals surface area contributed by atoms with Gasteiger partial charge in [0.15, 0.2) is 5.65 Å². The van der Waals surface area contributed by atoms with Crippen molar-refractivity contribution in [3.63, 3.8) is 0 Å². The van der Waals surface area contributed by atoms with Gasteiger partial charge in [0.25, 0.3) is 5.56 Å². The van der Waals surface area contributed by atoms with Crippen molar-refractivity contribution in [3.05, 3.63) is 86.4 Å². The molecule has 8 nitrogen and oxygen atoms in total. The Labute approximate surface area is 189 Å². The van der Waals surface area contributed by atoms with Crippen molar-refractivity contribution in [2.45, 2.75) is 13.8 Å². The summed E-state index contributed by atoms with van der Waals surface area (Å²) >= 11 is 0. The number of nitrogens with zero attached hydrogens (tertiary/aromatic N) is 5. The highest BCUT2D eigenvalue weighted by molar-refractivity contribution is 5.74. The maximum Gasteiger partial charge on any atom is 0.334 e. The lowest BCUT2D eigenvalue weighted by Crippen LogP contribution is -2.47. The summed E-state index contributed by atoms with van der Waals surface area (Å²) in [5.74, 6) is 0.181. The Kier molecular flexibility index (Phi) is 5.16. The Morgan fingerprint density at radius 2 is 1.67 bits per heavy atom. The van der Waals surface area contributed by atoms with Crippen LogP contribution in [-0.4, -0.2) is 45.7 Å². The topological polar surface area (TPSA) is 87.1 Å². The number of halogens is 1. The average molecular weight is 446 g/mol. The van der Waals surface area contributed by atoms with E-state index in [1.54, 1.807) is 18.2 Å². The number of aromatic amines is 1. The van der Waals surface area contributed by atoms with Crippen molar-refractivity contribution in [3.8, 4) is 5.69 Å². The van der Waals surface area contributed by atoms with E-state index in [-0.39, 0.29) is 16.9 Å². The third-order valence-electron chi connectivity index (χ3n) is 5.99. The summed E-state index contributed by atoms with van der Waals surface area (Å²) in [5, 5.41) is 0.239. The van der Waals surface area contributed by atoms with Crippen LogP contribution in [0.5, 0.6) is 0 Å². The summed E-state index contributed by atoms with van der Waals surface area (Å²) in [6.07, 6.45) is 1.46. The molecule has 33 heavy (non-hydrogen) atoms. The number of fused-ring (bicyclic) bond motifs is 1. The number of aromatic nitrogens is 4. The molecule has 9 heteroatoms. The van der Waals surface area contributed by atoms with E-state index in [1.807, 2.05) is 41.8 Å². The van der Waals surface area contributed by atoms with E-state index in [4.69, 9.17) is 0 Å². The molecule has 0 radical (unpaired) electrons. The summed E-state index contributed by atoms with van der Waals surface area (Å²) in [5.41, 5.74) is 2.17. The van der Waals surface area contributed by atoms with Gasteiger partial charge in [0.05, 0.1) is 11.4 Å². The van der Waals surface area contributed by atoms with Crippen LogP contribution in [0.15, 0.2) is 58.3 Å². The van der Waals surface area contributed by atoms with Crippen LogP contribution in [0, 0.1) is 19.7 Å². The number of piperazine rings is 1. The zero-order valence-corrected chi connectivity index (χ0v) is 18.4. The highest BCUT2D eigenvalue weighted by atomic mass is 19.1. The predicted octanol–water partition coefficient (Wildman–Crippen LogP) is 2.55. The van der Waals surface area contributed by atoms with E-state index < -0.39 is 11.2 Å². The van der Waals surface area contributed by atoms with Gasteiger partial charge >= 0.3 is 5.69 Å². The largest absolute Gasteiger partial charge is 0.366 e. The first-order valence-electron chi connectivity index (χ1n) is 10.8. The van der Waals surface area contributed by atoms with Crippen LogP contribution < -0.4 is 21.0 Å². The van der Waals surface area contributed by atoms with E-state index in [9.17, 15) is 14.0 Å². The van der Waals surface area contributed by atoms with Crippen LogP contribution >= 0.6 is 0 Å². The second-order valence-corrected chi connectivity index (χ2v) is 8.22. The molecule has 1 saturated heterocycles. The number of aryl methyl sites for hydroxylation is 2. The highest BCUT2D eigenvalue weighted by Crippen LogP contribution is 2.22. The summed E-state index contributed by atoms with van der Waals surface area (Å²) < 4.78 is 15.2. The first-order valence-corrected chi connectivity index (χ1v) is 10.8. The second-order valence-electron chi connectivity index (χ2n) is 8.22. The molecule has 2 aromatic heterocycles. The Hall–Kier alpha value is -4.01. The van der Waals surface area contributed by atoms with Gasteiger partial charge < -0.3 is 9.80 Å². The lowest BCUT2D eigenvalue weighted by molar-refractivity contribution is 0.594. The molecule has 0 bridgehead atoms. The van der Waals surface area contributed by atoms with Gasteiger partial charge in [-0.05, 0) is 37.6 Å². The summed E-state index contributed by atoms with van der Waals surface area (Å²) in [7, 11) is 0. The van der Waals surface area contributed by atoms with Crippen molar-refractivity contribution >= 4 is 22.7 Å². The number of H-pyrrole nitrogens is 1. The van der Waals surface area contributed by atoms with Crippen LogP contribution in [0.3, 0.4) is 0 Å². The molecule has 4 aromatic rings. The fourth-order valence-electron chi connectivity index (χ4n) is 4.28. The lowest BCUT2D eigenvalue weighted by atomic mass is 10.1. The van der Waals surface area contributed by atoms with Crippen molar-refractivity contribution in [2.24, 2.45) is 0 Å². The lowest BCUT2D eigenvalue weighted by Gasteiger charge is -2.36. The molecule has 0 saturated carbocycles. The van der Waals surface area contributed by atoms with Crippen LogP contribution in [-0.2, 0) is 0 Å². The molecule has 1 aliphatic heterocycles. The van der Waals surface area contributed by atoms with E-state index in [0.29, 0.717) is 43.5 Å². The minimum absolute atomic E-state index is 0.201. The Bertz CT molecular complexity index is 1470. The van der Waals surface area contributed by atoms with Gasteiger partial charge in [-0.15, -0.1) is 0 Å². The molecular formula is C24H23FN6O2. The van der Waals surface area contributed by atoms with Crippen molar-refractivity contribution in [1.82, 2.24) is 19.5 Å². The second kappa shape index (κ2) is 8.16. The minimum Gasteiger partial charge on any atom is -0.366 e. The van der Waals surface area contributed by atoms with Crippen LogP contribution in [0.1, 0.15) is 11.1 Å². The SMILES string of the molecule is Cc1ccc(-n2c(=O)[nH]c3nc(N4CCN(c5ccccc5F)CC4)ncc3c2=O)c(C)c1. The fraction of sp³-hybridized carbons (Fsp3) is 0.250. The number of rotatable bonds is 3. The van der Waals surface area contributed by atoms with Crippen LogP contribution in [0.4, 0.5) is 16.0 Å². The molecule has 5 rings (SSSR count). The first kappa shape index (κ1) is 20.9. The van der Waals surface area contributed by atoms with Gasteiger partial charge in [0, 0.05) is 32.4 Å². The maximum absolute atomic E-state index is 14.1. The number of nitrogens with one attached hydrogen (secondary N) is 1. The smallest absolute Gasteiger partial charge is 0.334 e. The normalized spacial score (nSPS) is 14.2. The summed E-state index contributed by atoms with van der Waals surface area (Å²) in [6.45, 7) is 6.20. The zero-order valence-electron chi connectivity index (χ0n) is 18.4. The summed E-state index contributed by atoms with van der Waals surface area (Å²) in [6, 6.07) is 12.3. The molecule has 0 unspecified atom stereocenters. The molecule has 0 amide bonds. The first-order chi connectivity index (χ1) is 15.9. The van der Waals surface area contributed by atoms with Crippen LogP contribution in [0.25, 0.3) is 16.7 Å². The van der Waals surface area contributed by atoms with Crippen LogP contribution in [0.2, 0.25) is 0 Å². The monoisotopic (exact) mass is 446 g/mol. The van der Waals surface area contributed by atoms with Gasteiger partial charge in [0.2, 0.25) is 5.95 Å². The quantitative estimate of drug-likeness (QED) is 0.521. The fourth-order valence-corrected chi connectivity index (χ4v) is 4.28. The number of para-hydroxylation sites is 1. The van der Waals surface area contributed by atoms with E-state index in [0.717, 1.165) is 15.7 Å². The molecular weight excluding hydrogens is 423 g/mol. The predicted molar refractivity (Wildman–Crippen MR) is 126 cm³/mol. The Morgan fingerprint density at radius 1 is 0.939 bits per heavy atom. The molecule has 1 aliphatic rings. The van der Waals surface area contributed by atoms with E-state index in [2.05, 4.69) is 15.0 Å². The number of benzene rings is 2. The van der Waals surface area contributed by atoms with Gasteiger partial charge in [-0.1, -0.05) is 29.8 Å². The molecule has 1 N–H and O–H groups in total. The Morgan fingerprint density at radius 3 is 2.39 bits per heavy atom. The van der Waals surface area contributed by atoms with Crippen molar-refractivity contribution in [1.29, 1.82) is 0 Å². The molecule has 1 fully saturated rings. The zero-order chi connectivity index (χ0) is 23.1. The van der Waals surface area contributed by atoms with Crippen molar-refractivity contribution in [2.75, 3.05) is 36.0 Å². The standard InChI is InChI=1S/C24H23FN6O2/c1-15-7-8-19(16(2)13-15)31-22(32)17-14-26-23(27-21(17)28-24(31)33)30-11-9-29(10-12-30)20-6-4-3-5-18(20)25/h3-8,13-14H,9-12H2,1-2H3,(H,26,27,28,33). The van der Waals surface area contributed by atoms with Crippen molar-refractivity contribution < 1.29 is 4.39 Å². The summed E-state index contributed by atoms with van der Waals surface area (Å²) in [4.78, 5) is 41.4. The third kappa shape index (κ3) is 3.75. The van der Waals surface area contributed by atoms with Gasteiger partial charge in [-0.3, -0.25) is 9.78 Å². The number of hydrogen-bond donors (Lipinski definition) is 1.